The average molecular weight is 445 g/mol. The Hall–Kier alpha value is -3.66. The molecule has 2 aromatic carbocycles. The first-order valence-electron chi connectivity index (χ1n) is 9.67. The van der Waals surface area contributed by atoms with Crippen LogP contribution in [0.2, 0.25) is 0 Å². The van der Waals surface area contributed by atoms with Crippen LogP contribution < -0.4 is 9.47 Å². The van der Waals surface area contributed by atoms with Crippen molar-refractivity contribution in [2.45, 2.75) is 52.7 Å². The molecule has 1 N–H and O–H groups in total. The fraction of sp³-hybridized carbons (Fsp3) is 0.364. The number of ether oxygens (including phenoxy) is 4. The molecule has 1 heterocycles. The van der Waals surface area contributed by atoms with E-state index in [2.05, 4.69) is 0 Å². The van der Waals surface area contributed by atoms with Gasteiger partial charge < -0.3 is 18.9 Å². The van der Waals surface area contributed by atoms with E-state index in [1.807, 2.05) is 0 Å². The van der Waals surface area contributed by atoms with Crippen LogP contribution in [0, 0.1) is 0 Å². The van der Waals surface area contributed by atoms with Gasteiger partial charge in [-0.15, -0.1) is 5.06 Å². The lowest BCUT2D eigenvalue weighted by atomic mass is 9.93. The molecule has 170 valence electrons. The van der Waals surface area contributed by atoms with Crippen molar-refractivity contribution in [2.75, 3.05) is 0 Å². The minimum absolute atomic E-state index is 0.0485. The highest BCUT2D eigenvalue weighted by Crippen LogP contribution is 2.40. The van der Waals surface area contributed by atoms with E-state index in [1.165, 1.54) is 24.3 Å². The smallest absolute Gasteiger partial charge is 0.428 e. The van der Waals surface area contributed by atoms with Crippen LogP contribution in [-0.4, -0.2) is 45.6 Å². The third-order valence-electron chi connectivity index (χ3n) is 4.09. The van der Waals surface area contributed by atoms with Crippen molar-refractivity contribution in [2.24, 2.45) is 0 Å². The average Bonchev–Trinajstić information content (AvgIpc) is 2.62. The van der Waals surface area contributed by atoms with Gasteiger partial charge in [-0.1, -0.05) is 12.1 Å². The SMILES string of the molecule is CC(C)(C)OC(=O)Oc1ccc2ccc(OC(=O)OC(C)(C)C)c3c2c1C(=O)N(O)C3=O. The Labute approximate surface area is 183 Å². The first-order valence-corrected chi connectivity index (χ1v) is 9.67. The van der Waals surface area contributed by atoms with E-state index in [9.17, 15) is 24.4 Å². The largest absolute Gasteiger partial charge is 0.514 e. The van der Waals surface area contributed by atoms with Crippen molar-refractivity contribution < 1.29 is 43.3 Å². The summed E-state index contributed by atoms with van der Waals surface area (Å²) in [4.78, 5) is 49.7. The predicted octanol–water partition coefficient (Wildman–Crippen LogP) is 4.45. The zero-order chi connectivity index (χ0) is 24.0. The number of hydrogen-bond donors (Lipinski definition) is 1. The van der Waals surface area contributed by atoms with E-state index < -0.39 is 35.3 Å². The molecule has 0 spiro atoms. The molecule has 32 heavy (non-hydrogen) atoms. The van der Waals surface area contributed by atoms with Crippen LogP contribution in [0.1, 0.15) is 62.3 Å². The summed E-state index contributed by atoms with van der Waals surface area (Å²) in [6.45, 7) is 9.81. The molecule has 1 aliphatic heterocycles. The molecule has 2 aromatic rings. The number of amides is 2. The minimum Gasteiger partial charge on any atom is -0.428 e. The van der Waals surface area contributed by atoms with Gasteiger partial charge in [0.25, 0.3) is 11.8 Å². The van der Waals surface area contributed by atoms with Crippen LogP contribution in [0.25, 0.3) is 10.8 Å². The van der Waals surface area contributed by atoms with E-state index in [4.69, 9.17) is 18.9 Å². The molecule has 0 bridgehead atoms. The first-order chi connectivity index (χ1) is 14.7. The molecule has 0 atom stereocenters. The lowest BCUT2D eigenvalue weighted by Crippen LogP contribution is -2.38. The van der Waals surface area contributed by atoms with Crippen molar-refractivity contribution in [3.63, 3.8) is 0 Å². The van der Waals surface area contributed by atoms with Crippen LogP contribution in [0.5, 0.6) is 11.5 Å². The summed E-state index contributed by atoms with van der Waals surface area (Å²) in [6.07, 6.45) is -2.16. The Balaban J connectivity index is 2.14. The molecule has 1 aliphatic rings. The van der Waals surface area contributed by atoms with E-state index in [1.54, 1.807) is 41.5 Å². The van der Waals surface area contributed by atoms with Crippen LogP contribution in [-0.2, 0) is 9.47 Å². The van der Waals surface area contributed by atoms with Crippen molar-refractivity contribution in [3.8, 4) is 11.5 Å². The number of rotatable bonds is 2. The summed E-state index contributed by atoms with van der Waals surface area (Å²) in [6, 6.07) is 5.68. The third-order valence-corrected chi connectivity index (χ3v) is 4.09. The van der Waals surface area contributed by atoms with Gasteiger partial charge in [0.05, 0.1) is 11.1 Å². The highest BCUT2D eigenvalue weighted by atomic mass is 16.7. The second-order valence-corrected chi connectivity index (χ2v) is 9.03. The Morgan fingerprint density at radius 3 is 1.47 bits per heavy atom. The number of carbonyl (C=O) groups excluding carboxylic acids is 4. The van der Waals surface area contributed by atoms with Crippen molar-refractivity contribution in [1.29, 1.82) is 0 Å². The van der Waals surface area contributed by atoms with Gasteiger partial charge in [0.2, 0.25) is 0 Å². The van der Waals surface area contributed by atoms with Crippen molar-refractivity contribution in [3.05, 3.63) is 35.4 Å². The van der Waals surface area contributed by atoms with E-state index in [-0.39, 0.29) is 33.1 Å². The van der Waals surface area contributed by atoms with Crippen LogP contribution in [0.3, 0.4) is 0 Å². The summed E-state index contributed by atoms with van der Waals surface area (Å²) >= 11 is 0. The quantitative estimate of drug-likeness (QED) is 0.308. The zero-order valence-electron chi connectivity index (χ0n) is 18.5. The number of carbonyl (C=O) groups is 4. The Morgan fingerprint density at radius 2 is 1.12 bits per heavy atom. The molecule has 10 heteroatoms. The molecule has 10 nitrogen and oxygen atoms in total. The van der Waals surface area contributed by atoms with Gasteiger partial charge in [-0.25, -0.2) is 9.59 Å². The summed E-state index contributed by atoms with van der Waals surface area (Å²) in [5.41, 5.74) is -2.23. The maximum atomic E-state index is 12.7. The second kappa shape index (κ2) is 7.79. The normalized spacial score (nSPS) is 13.8. The molecular weight excluding hydrogens is 422 g/mol. The van der Waals surface area contributed by atoms with Crippen molar-refractivity contribution >= 4 is 34.9 Å². The number of benzene rings is 2. The van der Waals surface area contributed by atoms with Crippen LogP contribution in [0.15, 0.2) is 24.3 Å². The fourth-order valence-electron chi connectivity index (χ4n) is 3.00. The topological polar surface area (TPSA) is 129 Å². The molecular formula is C22H23NO9. The van der Waals surface area contributed by atoms with Gasteiger partial charge in [0.15, 0.2) is 0 Å². The van der Waals surface area contributed by atoms with Gasteiger partial charge in [-0.2, -0.15) is 0 Å². The molecule has 0 fully saturated rings. The lowest BCUT2D eigenvalue weighted by Gasteiger charge is -2.26. The van der Waals surface area contributed by atoms with Gasteiger partial charge in [0.1, 0.15) is 22.7 Å². The highest BCUT2D eigenvalue weighted by Gasteiger charge is 2.38. The summed E-state index contributed by atoms with van der Waals surface area (Å²) in [7, 11) is 0. The molecule has 2 amide bonds. The molecule has 0 saturated carbocycles. The molecule has 0 aliphatic carbocycles. The number of imide groups is 1. The number of hydroxylamine groups is 2. The minimum atomic E-state index is -1.11. The maximum absolute atomic E-state index is 12.7. The standard InChI is InChI=1S/C22H23NO9/c1-21(2,3)31-19(26)29-12-9-7-11-8-10-13(30-20(27)32-22(4,5)6)16-14(11)15(12)17(24)23(28)18(16)25/h7-10,28H,1-6H3. The van der Waals surface area contributed by atoms with E-state index in [0.717, 1.165) is 0 Å². The number of hydrogen-bond acceptors (Lipinski definition) is 9. The Kier molecular flexibility index (Phi) is 5.60. The van der Waals surface area contributed by atoms with E-state index >= 15 is 0 Å². The molecule has 0 saturated heterocycles. The molecule has 0 unspecified atom stereocenters. The molecule has 0 aromatic heterocycles. The van der Waals surface area contributed by atoms with Gasteiger partial charge >= 0.3 is 12.3 Å². The van der Waals surface area contributed by atoms with E-state index in [0.29, 0.717) is 5.39 Å². The Morgan fingerprint density at radius 1 is 0.750 bits per heavy atom. The predicted molar refractivity (Wildman–Crippen MR) is 110 cm³/mol. The highest BCUT2D eigenvalue weighted by molar-refractivity contribution is 6.27. The van der Waals surface area contributed by atoms with Crippen LogP contribution in [0.4, 0.5) is 9.59 Å². The maximum Gasteiger partial charge on any atom is 0.514 e. The Bertz CT molecular complexity index is 1050. The van der Waals surface area contributed by atoms with Crippen molar-refractivity contribution in [1.82, 2.24) is 5.06 Å². The lowest BCUT2D eigenvalue weighted by molar-refractivity contribution is -0.0381. The van der Waals surface area contributed by atoms with Gasteiger partial charge in [-0.05, 0) is 59.1 Å². The molecule has 3 rings (SSSR count). The third kappa shape index (κ3) is 4.65. The molecule has 0 radical (unpaired) electrons. The second-order valence-electron chi connectivity index (χ2n) is 9.03. The van der Waals surface area contributed by atoms with Crippen LogP contribution >= 0.6 is 0 Å². The van der Waals surface area contributed by atoms with Gasteiger partial charge in [-0.3, -0.25) is 14.8 Å². The van der Waals surface area contributed by atoms with Gasteiger partial charge in [0, 0.05) is 5.39 Å². The monoisotopic (exact) mass is 445 g/mol. The number of nitrogens with zero attached hydrogens (tertiary/aromatic N) is 1. The zero-order valence-corrected chi connectivity index (χ0v) is 18.5. The summed E-state index contributed by atoms with van der Waals surface area (Å²) in [5.74, 6) is -2.69. The fourth-order valence-corrected chi connectivity index (χ4v) is 3.00. The summed E-state index contributed by atoms with van der Waals surface area (Å²) in [5, 5.41) is 10.5. The summed E-state index contributed by atoms with van der Waals surface area (Å²) < 4.78 is 20.6. The first kappa shape index (κ1) is 23.0.